The molecule has 3 N–H and O–H groups in total. The van der Waals surface area contributed by atoms with Crippen molar-refractivity contribution >= 4 is 21.6 Å². The molecule has 0 bridgehead atoms. The third kappa shape index (κ3) is 3.70. The second-order valence-electron chi connectivity index (χ2n) is 6.03. The minimum absolute atomic E-state index is 0.0262. The minimum Gasteiger partial charge on any atom is -0.332 e. The molecule has 1 fully saturated rings. The van der Waals surface area contributed by atoms with E-state index < -0.39 is 21.4 Å². The van der Waals surface area contributed by atoms with Crippen molar-refractivity contribution < 1.29 is 13.2 Å². The molecule has 2 aromatic rings. The summed E-state index contributed by atoms with van der Waals surface area (Å²) < 4.78 is 23.2. The minimum atomic E-state index is -3.06. The summed E-state index contributed by atoms with van der Waals surface area (Å²) in [6.45, 7) is 1.75. The summed E-state index contributed by atoms with van der Waals surface area (Å²) in [5.41, 5.74) is 1.65. The third-order valence-corrected chi connectivity index (χ3v) is 5.75. The third-order valence-electron chi connectivity index (χ3n) is 3.85. The fourth-order valence-corrected chi connectivity index (χ4v) is 4.82. The summed E-state index contributed by atoms with van der Waals surface area (Å²) in [6, 6.07) is 8.75. The highest BCUT2D eigenvalue weighted by atomic mass is 32.2. The molecule has 0 saturated carbocycles. The van der Waals surface area contributed by atoms with E-state index >= 15 is 0 Å². The van der Waals surface area contributed by atoms with Crippen molar-refractivity contribution in [3.63, 3.8) is 0 Å². The van der Waals surface area contributed by atoms with Crippen LogP contribution < -0.4 is 10.6 Å². The molecule has 2 heterocycles. The number of benzene rings is 1. The van der Waals surface area contributed by atoms with Crippen LogP contribution in [0.1, 0.15) is 13.3 Å². The van der Waals surface area contributed by atoms with Gasteiger partial charge < -0.3 is 10.6 Å². The van der Waals surface area contributed by atoms with E-state index in [2.05, 4.69) is 20.8 Å². The van der Waals surface area contributed by atoms with Crippen LogP contribution in [0.2, 0.25) is 0 Å². The first-order valence-electron chi connectivity index (χ1n) is 7.25. The van der Waals surface area contributed by atoms with Crippen LogP contribution in [0.15, 0.2) is 36.5 Å². The van der Waals surface area contributed by atoms with Gasteiger partial charge in [0.15, 0.2) is 9.84 Å². The molecule has 7 nitrogen and oxygen atoms in total. The Morgan fingerprint density at radius 3 is 2.83 bits per heavy atom. The molecule has 0 unspecified atom stereocenters. The largest absolute Gasteiger partial charge is 0.332 e. The number of aromatic nitrogens is 2. The molecular formula is C15H18N4O3S. The van der Waals surface area contributed by atoms with Gasteiger partial charge in [-0.1, -0.05) is 12.1 Å². The first-order valence-corrected chi connectivity index (χ1v) is 9.07. The Hall–Kier alpha value is -2.35. The molecule has 1 saturated heterocycles. The van der Waals surface area contributed by atoms with Gasteiger partial charge in [-0.15, -0.1) is 0 Å². The molecule has 8 heteroatoms. The molecule has 1 atom stereocenters. The summed E-state index contributed by atoms with van der Waals surface area (Å²) in [7, 11) is -3.06. The second kappa shape index (κ2) is 5.69. The maximum Gasteiger partial charge on any atom is 0.319 e. The number of carbonyl (C=O) groups excluding carboxylic acids is 1. The van der Waals surface area contributed by atoms with Crippen LogP contribution in [0, 0.1) is 0 Å². The Morgan fingerprint density at radius 1 is 1.35 bits per heavy atom. The second-order valence-corrected chi connectivity index (χ2v) is 8.22. The average molecular weight is 334 g/mol. The van der Waals surface area contributed by atoms with Crippen LogP contribution in [0.3, 0.4) is 0 Å². The van der Waals surface area contributed by atoms with Crippen LogP contribution in [0.5, 0.6) is 0 Å². The smallest absolute Gasteiger partial charge is 0.319 e. The monoisotopic (exact) mass is 334 g/mol. The molecular weight excluding hydrogens is 316 g/mol. The fraction of sp³-hybridized carbons (Fsp3) is 0.333. The van der Waals surface area contributed by atoms with Crippen molar-refractivity contribution in [2.45, 2.75) is 18.9 Å². The van der Waals surface area contributed by atoms with Crippen molar-refractivity contribution in [1.29, 1.82) is 0 Å². The van der Waals surface area contributed by atoms with E-state index in [0.717, 1.165) is 11.3 Å². The Balaban J connectivity index is 1.68. The predicted octanol–water partition coefficient (Wildman–Crippen LogP) is 1.78. The van der Waals surface area contributed by atoms with Crippen molar-refractivity contribution in [2.75, 3.05) is 16.8 Å². The summed E-state index contributed by atoms with van der Waals surface area (Å²) in [5.74, 6) is 0.0840. The van der Waals surface area contributed by atoms with Gasteiger partial charge in [-0.3, -0.25) is 5.10 Å². The van der Waals surface area contributed by atoms with Crippen LogP contribution in [0.25, 0.3) is 11.3 Å². The summed E-state index contributed by atoms with van der Waals surface area (Å²) in [4.78, 5) is 12.1. The average Bonchev–Trinajstić information content (AvgIpc) is 3.07. The number of carbonyl (C=O) groups is 1. The van der Waals surface area contributed by atoms with Crippen LogP contribution >= 0.6 is 0 Å². The van der Waals surface area contributed by atoms with E-state index in [1.165, 1.54) is 0 Å². The number of urea groups is 1. The number of aromatic amines is 1. The van der Waals surface area contributed by atoms with Crippen molar-refractivity contribution in [3.8, 4) is 11.3 Å². The number of nitrogens with zero attached hydrogens (tertiary/aromatic N) is 1. The van der Waals surface area contributed by atoms with Crippen LogP contribution in [-0.2, 0) is 9.84 Å². The number of anilines is 1. The number of sulfone groups is 1. The number of hydrogen-bond acceptors (Lipinski definition) is 4. The zero-order valence-corrected chi connectivity index (χ0v) is 13.5. The molecule has 1 aliphatic heterocycles. The number of hydrogen-bond donors (Lipinski definition) is 3. The van der Waals surface area contributed by atoms with E-state index in [9.17, 15) is 13.2 Å². The molecule has 122 valence electrons. The van der Waals surface area contributed by atoms with Crippen LogP contribution in [0.4, 0.5) is 10.5 Å². The van der Waals surface area contributed by atoms with Crippen LogP contribution in [-0.4, -0.2) is 41.7 Å². The van der Waals surface area contributed by atoms with Gasteiger partial charge in [-0.05, 0) is 31.5 Å². The molecule has 1 aromatic heterocycles. The predicted molar refractivity (Wildman–Crippen MR) is 87.9 cm³/mol. The van der Waals surface area contributed by atoms with Crippen molar-refractivity contribution in [3.05, 3.63) is 36.5 Å². The Bertz CT molecular complexity index is 817. The van der Waals surface area contributed by atoms with E-state index in [1.807, 2.05) is 24.3 Å². The number of rotatable bonds is 3. The van der Waals surface area contributed by atoms with Gasteiger partial charge in [-0.2, -0.15) is 5.10 Å². The van der Waals surface area contributed by atoms with Crippen molar-refractivity contribution in [2.24, 2.45) is 0 Å². The Morgan fingerprint density at radius 2 is 2.17 bits per heavy atom. The molecule has 1 aromatic carbocycles. The lowest BCUT2D eigenvalue weighted by Crippen LogP contribution is -2.48. The quantitative estimate of drug-likeness (QED) is 0.796. The van der Waals surface area contributed by atoms with Gasteiger partial charge in [0.1, 0.15) is 0 Å². The fourth-order valence-electron chi connectivity index (χ4n) is 2.73. The zero-order chi connectivity index (χ0) is 16.5. The van der Waals surface area contributed by atoms with Gasteiger partial charge >= 0.3 is 6.03 Å². The van der Waals surface area contributed by atoms with E-state index in [-0.39, 0.29) is 11.5 Å². The molecule has 3 rings (SSSR count). The first-order chi connectivity index (χ1) is 10.9. The molecule has 0 spiro atoms. The number of nitrogens with one attached hydrogen (secondary N) is 3. The highest BCUT2D eigenvalue weighted by Crippen LogP contribution is 2.24. The number of amides is 2. The van der Waals surface area contributed by atoms with E-state index in [1.54, 1.807) is 19.2 Å². The maximum atomic E-state index is 12.1. The first kappa shape index (κ1) is 15.5. The molecule has 0 radical (unpaired) electrons. The van der Waals surface area contributed by atoms with Gasteiger partial charge in [0.2, 0.25) is 0 Å². The van der Waals surface area contributed by atoms with Gasteiger partial charge in [0, 0.05) is 17.4 Å². The zero-order valence-electron chi connectivity index (χ0n) is 12.7. The SMILES string of the molecule is C[C@@]1(NC(=O)Nc2cccc(-c3ccn[nH]3)c2)CCS(=O)(=O)C1. The maximum absolute atomic E-state index is 12.1. The van der Waals surface area contributed by atoms with Gasteiger partial charge in [0.25, 0.3) is 0 Å². The Labute approximate surface area is 134 Å². The lowest BCUT2D eigenvalue weighted by Gasteiger charge is -2.24. The lowest BCUT2D eigenvalue weighted by atomic mass is 10.0. The molecule has 0 aliphatic carbocycles. The normalized spacial score (nSPS) is 22.7. The standard InChI is InChI=1S/C15H18N4O3S/c1-15(6-8-23(21,22)10-15)18-14(20)17-12-4-2-3-11(9-12)13-5-7-16-19-13/h2-5,7,9H,6,8,10H2,1H3,(H,16,19)(H2,17,18,20)/t15-/m1/s1. The Kier molecular flexibility index (Phi) is 3.85. The number of H-pyrrole nitrogens is 1. The summed E-state index contributed by atoms with van der Waals surface area (Å²) >= 11 is 0. The molecule has 1 aliphatic rings. The highest BCUT2D eigenvalue weighted by molar-refractivity contribution is 7.91. The molecule has 23 heavy (non-hydrogen) atoms. The van der Waals surface area contributed by atoms with Gasteiger partial charge in [-0.25, -0.2) is 13.2 Å². The molecule has 2 amide bonds. The van der Waals surface area contributed by atoms with E-state index in [0.29, 0.717) is 12.1 Å². The van der Waals surface area contributed by atoms with Gasteiger partial charge in [0.05, 0.1) is 22.7 Å². The van der Waals surface area contributed by atoms with E-state index in [4.69, 9.17) is 0 Å². The highest BCUT2D eigenvalue weighted by Gasteiger charge is 2.39. The lowest BCUT2D eigenvalue weighted by molar-refractivity contribution is 0.242. The summed E-state index contributed by atoms with van der Waals surface area (Å²) in [5, 5.41) is 12.3. The van der Waals surface area contributed by atoms with Crippen molar-refractivity contribution in [1.82, 2.24) is 15.5 Å². The topological polar surface area (TPSA) is 104 Å². The summed E-state index contributed by atoms with van der Waals surface area (Å²) in [6.07, 6.45) is 2.08.